The van der Waals surface area contributed by atoms with Crippen LogP contribution in [0, 0.1) is 4.91 Å². The van der Waals surface area contributed by atoms with E-state index in [0.717, 1.165) is 0 Å². The maximum Gasteiger partial charge on any atom is 0.311 e. The maximum absolute atomic E-state index is 10.0. The van der Waals surface area contributed by atoms with Gasteiger partial charge < -0.3 is 9.84 Å². The highest BCUT2D eigenvalue weighted by Crippen LogP contribution is 1.76. The molecule has 1 amide bonds. The molecule has 52 valence electrons. The number of carbonyl (C=O) groups is 1. The first kappa shape index (κ1) is 8.19. The molecule has 0 aromatic carbocycles. The van der Waals surface area contributed by atoms with E-state index in [1.165, 1.54) is 0 Å². The van der Waals surface area contributed by atoms with Crippen molar-refractivity contribution in [2.24, 2.45) is 5.18 Å². The summed E-state index contributed by atoms with van der Waals surface area (Å²) in [4.78, 5) is 19.4. The minimum atomic E-state index is -0.858. The molecule has 0 aliphatic rings. The number of aliphatic hydroxyl groups excluding tert-OH is 1. The van der Waals surface area contributed by atoms with Gasteiger partial charge in [0.15, 0.2) is 0 Å². The highest BCUT2D eigenvalue weighted by Gasteiger charge is 1.97. The van der Waals surface area contributed by atoms with Gasteiger partial charge in [0.2, 0.25) is 0 Å². The largest absolute Gasteiger partial charge is 0.394 e. The molecule has 0 heterocycles. The lowest BCUT2D eigenvalue weighted by Crippen LogP contribution is -2.07. The van der Waals surface area contributed by atoms with Gasteiger partial charge in [-0.3, -0.25) is 4.79 Å². The van der Waals surface area contributed by atoms with E-state index in [9.17, 15) is 9.70 Å². The molecule has 1 N–H and O–H groups in total. The second-order valence-corrected chi connectivity index (χ2v) is 1.26. The Morgan fingerprint density at radius 1 is 1.67 bits per heavy atom. The zero-order chi connectivity index (χ0) is 7.11. The van der Waals surface area contributed by atoms with Gasteiger partial charge in [-0.1, -0.05) is 0 Å². The number of ether oxygens (including phenoxy) is 1. The van der Waals surface area contributed by atoms with Crippen LogP contribution in [-0.4, -0.2) is 30.8 Å². The summed E-state index contributed by atoms with van der Waals surface area (Å²) in [5.41, 5.74) is 0. The van der Waals surface area contributed by atoms with Crippen molar-refractivity contribution in [3.63, 3.8) is 0 Å². The van der Waals surface area contributed by atoms with E-state index in [4.69, 9.17) is 5.11 Å². The Morgan fingerprint density at radius 3 is 2.78 bits per heavy atom. The van der Waals surface area contributed by atoms with Gasteiger partial charge in [0.1, 0.15) is 6.61 Å². The first-order chi connectivity index (χ1) is 4.31. The van der Waals surface area contributed by atoms with E-state index in [1.54, 1.807) is 0 Å². The molecule has 0 saturated heterocycles. The number of nitrogens with zero attached hydrogens (tertiary/aromatic N) is 1. The number of nitroso groups, excluding NO2 is 1. The molecule has 0 atom stereocenters. The standard InChI is InChI=1S/C4H7NO4/c6-1-2-9-3-4(7)5-8/h6H,1-3H2. The minimum absolute atomic E-state index is 0.0568. The van der Waals surface area contributed by atoms with E-state index >= 15 is 0 Å². The van der Waals surface area contributed by atoms with Gasteiger partial charge in [-0.25, -0.2) is 0 Å². The van der Waals surface area contributed by atoms with Crippen LogP contribution in [0.25, 0.3) is 0 Å². The van der Waals surface area contributed by atoms with E-state index in [1.807, 2.05) is 0 Å². The molecule has 0 spiro atoms. The van der Waals surface area contributed by atoms with E-state index in [-0.39, 0.29) is 19.8 Å². The molecular weight excluding hydrogens is 126 g/mol. The van der Waals surface area contributed by atoms with Crippen molar-refractivity contribution in [3.05, 3.63) is 4.91 Å². The Labute approximate surface area is 51.6 Å². The van der Waals surface area contributed by atoms with Crippen molar-refractivity contribution < 1.29 is 14.6 Å². The number of aliphatic hydroxyl groups is 1. The van der Waals surface area contributed by atoms with Crippen molar-refractivity contribution in [1.82, 2.24) is 0 Å². The number of hydrogen-bond acceptors (Lipinski definition) is 4. The average molecular weight is 133 g/mol. The number of carbonyl (C=O) groups excluding carboxylic acids is 1. The molecular formula is C4H7NO4. The minimum Gasteiger partial charge on any atom is -0.394 e. The van der Waals surface area contributed by atoms with Crippen LogP contribution in [0.3, 0.4) is 0 Å². The summed E-state index contributed by atoms with van der Waals surface area (Å²) in [6.45, 7) is -0.447. The lowest BCUT2D eigenvalue weighted by molar-refractivity contribution is -0.122. The predicted molar refractivity (Wildman–Crippen MR) is 28.7 cm³/mol. The van der Waals surface area contributed by atoms with Crippen LogP contribution in [0.2, 0.25) is 0 Å². The predicted octanol–water partition coefficient (Wildman–Crippen LogP) is -0.712. The molecule has 0 radical (unpaired) electrons. The Kier molecular flexibility index (Phi) is 4.85. The summed E-state index contributed by atoms with van der Waals surface area (Å²) in [6.07, 6.45) is 0. The van der Waals surface area contributed by atoms with E-state index in [0.29, 0.717) is 0 Å². The molecule has 0 aromatic heterocycles. The number of amides is 1. The summed E-state index contributed by atoms with van der Waals surface area (Å²) >= 11 is 0. The van der Waals surface area contributed by atoms with Crippen LogP contribution in [0.15, 0.2) is 5.18 Å². The summed E-state index contributed by atoms with van der Waals surface area (Å²) in [7, 11) is 0. The molecule has 0 aromatic rings. The van der Waals surface area contributed by atoms with Crippen LogP contribution >= 0.6 is 0 Å². The summed E-state index contributed by atoms with van der Waals surface area (Å²) in [5.74, 6) is -0.858. The van der Waals surface area contributed by atoms with Gasteiger partial charge in [0.05, 0.1) is 13.2 Å². The van der Waals surface area contributed by atoms with E-state index < -0.39 is 5.91 Å². The highest BCUT2D eigenvalue weighted by molar-refractivity contribution is 5.77. The fourth-order valence-corrected chi connectivity index (χ4v) is 0.250. The third-order valence-electron chi connectivity index (χ3n) is 0.563. The number of hydrogen-bond donors (Lipinski definition) is 1. The van der Waals surface area contributed by atoms with Gasteiger partial charge in [-0.15, -0.1) is 4.91 Å². The third-order valence-corrected chi connectivity index (χ3v) is 0.563. The summed E-state index contributed by atoms with van der Waals surface area (Å²) < 4.78 is 4.44. The first-order valence-electron chi connectivity index (χ1n) is 2.36. The van der Waals surface area contributed by atoms with Crippen LogP contribution in [0.4, 0.5) is 0 Å². The van der Waals surface area contributed by atoms with Gasteiger partial charge in [-0.05, 0) is 0 Å². The quantitative estimate of drug-likeness (QED) is 0.406. The summed E-state index contributed by atoms with van der Waals surface area (Å²) in [6, 6.07) is 0. The van der Waals surface area contributed by atoms with Gasteiger partial charge >= 0.3 is 5.91 Å². The van der Waals surface area contributed by atoms with Gasteiger partial charge in [0, 0.05) is 5.18 Å². The van der Waals surface area contributed by atoms with Crippen molar-refractivity contribution >= 4 is 5.91 Å². The number of rotatable bonds is 4. The zero-order valence-corrected chi connectivity index (χ0v) is 4.74. The second-order valence-electron chi connectivity index (χ2n) is 1.26. The average Bonchev–Trinajstić information content (AvgIpc) is 1.89. The molecule has 0 rings (SSSR count). The fraction of sp³-hybridized carbons (Fsp3) is 0.750. The van der Waals surface area contributed by atoms with Crippen molar-refractivity contribution in [1.29, 1.82) is 0 Å². The Bertz CT molecular complexity index is 103. The molecule has 0 bridgehead atoms. The Hall–Kier alpha value is -0.810. The molecule has 0 saturated carbocycles. The highest BCUT2D eigenvalue weighted by atomic mass is 16.5. The normalized spacial score (nSPS) is 9.00. The van der Waals surface area contributed by atoms with Crippen molar-refractivity contribution in [3.8, 4) is 0 Å². The molecule has 9 heavy (non-hydrogen) atoms. The molecule has 5 nitrogen and oxygen atoms in total. The smallest absolute Gasteiger partial charge is 0.311 e. The van der Waals surface area contributed by atoms with Crippen LogP contribution in [-0.2, 0) is 9.53 Å². The summed E-state index contributed by atoms with van der Waals surface area (Å²) in [5, 5.41) is 10.2. The van der Waals surface area contributed by atoms with Crippen LogP contribution in [0.5, 0.6) is 0 Å². The second kappa shape index (κ2) is 5.33. The molecule has 0 aliphatic carbocycles. The van der Waals surface area contributed by atoms with Gasteiger partial charge in [0.25, 0.3) is 0 Å². The first-order valence-corrected chi connectivity index (χ1v) is 2.36. The lowest BCUT2D eigenvalue weighted by atomic mass is 10.7. The lowest BCUT2D eigenvalue weighted by Gasteiger charge is -1.93. The van der Waals surface area contributed by atoms with Crippen LogP contribution < -0.4 is 0 Å². The Balaban J connectivity index is 3.07. The SMILES string of the molecule is O=NC(=O)COCCO. The molecule has 0 unspecified atom stereocenters. The molecule has 0 fully saturated rings. The topological polar surface area (TPSA) is 76.0 Å². The Morgan fingerprint density at radius 2 is 2.33 bits per heavy atom. The van der Waals surface area contributed by atoms with Crippen molar-refractivity contribution in [2.45, 2.75) is 0 Å². The van der Waals surface area contributed by atoms with Gasteiger partial charge in [-0.2, -0.15) is 0 Å². The molecule has 5 heteroatoms. The molecule has 0 aliphatic heterocycles. The van der Waals surface area contributed by atoms with Crippen LogP contribution in [0.1, 0.15) is 0 Å². The zero-order valence-electron chi connectivity index (χ0n) is 4.74. The third kappa shape index (κ3) is 5.05. The maximum atomic E-state index is 10.0. The van der Waals surface area contributed by atoms with Crippen molar-refractivity contribution in [2.75, 3.05) is 19.8 Å². The van der Waals surface area contributed by atoms with E-state index in [2.05, 4.69) is 9.91 Å². The monoisotopic (exact) mass is 133 g/mol. The fourth-order valence-electron chi connectivity index (χ4n) is 0.250.